The zero-order valence-electron chi connectivity index (χ0n) is 15.6. The second kappa shape index (κ2) is 8.00. The molecule has 0 radical (unpaired) electrons. The van der Waals surface area contributed by atoms with Crippen LogP contribution in [-0.2, 0) is 22.5 Å². The molecular formula is C20H25N5O2. The molecule has 2 aliphatic heterocycles. The molecule has 0 aromatic carbocycles. The van der Waals surface area contributed by atoms with E-state index in [1.807, 2.05) is 23.1 Å². The Hall–Kier alpha value is -2.54. The van der Waals surface area contributed by atoms with Crippen molar-refractivity contribution in [1.29, 1.82) is 0 Å². The van der Waals surface area contributed by atoms with Crippen molar-refractivity contribution in [2.24, 2.45) is 0 Å². The fraction of sp³-hybridized carbons (Fsp3) is 0.500. The van der Waals surface area contributed by atoms with E-state index in [1.165, 1.54) is 6.42 Å². The van der Waals surface area contributed by atoms with E-state index in [-0.39, 0.29) is 12.0 Å². The van der Waals surface area contributed by atoms with Gasteiger partial charge in [-0.25, -0.2) is 9.97 Å². The van der Waals surface area contributed by atoms with Crippen LogP contribution in [-0.4, -0.2) is 51.6 Å². The quantitative estimate of drug-likeness (QED) is 0.894. The van der Waals surface area contributed by atoms with Crippen LogP contribution in [0.1, 0.15) is 37.4 Å². The van der Waals surface area contributed by atoms with Crippen LogP contribution in [0.15, 0.2) is 24.4 Å². The Morgan fingerprint density at radius 1 is 1.33 bits per heavy atom. The number of ether oxygens (including phenoxy) is 1. The van der Waals surface area contributed by atoms with Crippen LogP contribution in [0.25, 0.3) is 11.5 Å². The van der Waals surface area contributed by atoms with E-state index in [2.05, 4.69) is 10.3 Å². The molecule has 1 saturated heterocycles. The lowest BCUT2D eigenvalue weighted by Crippen LogP contribution is -2.36. The average molecular weight is 367 g/mol. The monoisotopic (exact) mass is 367 g/mol. The van der Waals surface area contributed by atoms with Gasteiger partial charge < -0.3 is 15.0 Å². The van der Waals surface area contributed by atoms with Crippen LogP contribution < -0.4 is 5.32 Å². The van der Waals surface area contributed by atoms with E-state index in [9.17, 15) is 4.79 Å². The maximum absolute atomic E-state index is 11.8. The van der Waals surface area contributed by atoms with E-state index in [0.29, 0.717) is 18.9 Å². The predicted molar refractivity (Wildman–Crippen MR) is 102 cm³/mol. The second-order valence-corrected chi connectivity index (χ2v) is 7.10. The van der Waals surface area contributed by atoms with E-state index < -0.39 is 0 Å². The lowest BCUT2D eigenvalue weighted by molar-refractivity contribution is -0.129. The first-order chi connectivity index (χ1) is 13.2. The Labute approximate surface area is 159 Å². The van der Waals surface area contributed by atoms with Gasteiger partial charge in [0.1, 0.15) is 11.5 Å². The second-order valence-electron chi connectivity index (χ2n) is 7.10. The number of rotatable bonds is 4. The van der Waals surface area contributed by atoms with Crippen LogP contribution >= 0.6 is 0 Å². The number of hydrogen-bond acceptors (Lipinski definition) is 6. The number of fused-ring (bicyclic) bond motifs is 1. The topological polar surface area (TPSA) is 80.2 Å². The van der Waals surface area contributed by atoms with E-state index in [4.69, 9.17) is 14.7 Å². The summed E-state index contributed by atoms with van der Waals surface area (Å²) < 4.78 is 5.84. The number of carbonyl (C=O) groups excluding carboxylic acids is 1. The van der Waals surface area contributed by atoms with Gasteiger partial charge in [-0.2, -0.15) is 0 Å². The fourth-order valence-electron chi connectivity index (χ4n) is 3.63. The highest BCUT2D eigenvalue weighted by Gasteiger charge is 2.25. The SMILES string of the molecule is CC(=O)N1CCc2c(nc(-c3ccccn3)nc2NC[C@H]2CCCCO2)C1. The molecule has 1 amide bonds. The molecule has 27 heavy (non-hydrogen) atoms. The van der Waals surface area contributed by atoms with Crippen molar-refractivity contribution in [3.05, 3.63) is 35.7 Å². The van der Waals surface area contributed by atoms with Crippen LogP contribution in [0.4, 0.5) is 5.82 Å². The molecule has 0 aliphatic carbocycles. The minimum Gasteiger partial charge on any atom is -0.376 e. The van der Waals surface area contributed by atoms with Crippen molar-refractivity contribution in [2.45, 2.75) is 45.3 Å². The van der Waals surface area contributed by atoms with Crippen molar-refractivity contribution in [2.75, 3.05) is 25.0 Å². The number of nitrogens with one attached hydrogen (secondary N) is 1. The molecule has 0 spiro atoms. The molecule has 1 N–H and O–H groups in total. The largest absolute Gasteiger partial charge is 0.376 e. The molecule has 142 valence electrons. The van der Waals surface area contributed by atoms with E-state index in [0.717, 1.165) is 55.2 Å². The molecule has 2 aliphatic rings. The van der Waals surface area contributed by atoms with Crippen LogP contribution in [0, 0.1) is 0 Å². The number of hydrogen-bond donors (Lipinski definition) is 1. The molecule has 0 bridgehead atoms. The molecule has 4 rings (SSSR count). The van der Waals surface area contributed by atoms with E-state index >= 15 is 0 Å². The van der Waals surface area contributed by atoms with Gasteiger partial charge in [0.15, 0.2) is 5.82 Å². The van der Waals surface area contributed by atoms with Crippen molar-refractivity contribution in [3.8, 4) is 11.5 Å². The number of anilines is 1. The molecule has 4 heterocycles. The first-order valence-corrected chi connectivity index (χ1v) is 9.63. The Bertz CT molecular complexity index is 806. The number of nitrogens with zero attached hydrogens (tertiary/aromatic N) is 4. The summed E-state index contributed by atoms with van der Waals surface area (Å²) in [5, 5.41) is 3.49. The van der Waals surface area contributed by atoms with Crippen LogP contribution in [0.3, 0.4) is 0 Å². The zero-order chi connectivity index (χ0) is 18.6. The molecule has 2 aromatic rings. The third-order valence-corrected chi connectivity index (χ3v) is 5.18. The molecule has 2 aromatic heterocycles. The van der Waals surface area contributed by atoms with Gasteiger partial charge in [0.25, 0.3) is 0 Å². The van der Waals surface area contributed by atoms with Gasteiger partial charge in [-0.05, 0) is 37.8 Å². The maximum Gasteiger partial charge on any atom is 0.219 e. The summed E-state index contributed by atoms with van der Waals surface area (Å²) in [5.74, 6) is 1.51. The van der Waals surface area contributed by atoms with Crippen LogP contribution in [0.2, 0.25) is 0 Å². The third-order valence-electron chi connectivity index (χ3n) is 5.18. The molecule has 1 atom stereocenters. The Kier molecular flexibility index (Phi) is 5.29. The first kappa shape index (κ1) is 17.9. The number of aromatic nitrogens is 3. The molecule has 1 fully saturated rings. The Morgan fingerprint density at radius 2 is 2.26 bits per heavy atom. The summed E-state index contributed by atoms with van der Waals surface area (Å²) in [5.41, 5.74) is 2.74. The minimum atomic E-state index is 0.0729. The number of pyridine rings is 1. The summed E-state index contributed by atoms with van der Waals surface area (Å²) in [4.78, 5) is 27.5. The molecule has 7 nitrogen and oxygen atoms in total. The Morgan fingerprint density at radius 3 is 3.00 bits per heavy atom. The molecule has 0 unspecified atom stereocenters. The predicted octanol–water partition coefficient (Wildman–Crippen LogP) is 2.42. The normalized spacial score (nSPS) is 19.4. The highest BCUT2D eigenvalue weighted by molar-refractivity contribution is 5.74. The lowest BCUT2D eigenvalue weighted by Gasteiger charge is -2.29. The molecular weight excluding hydrogens is 342 g/mol. The number of amides is 1. The van der Waals surface area contributed by atoms with E-state index in [1.54, 1.807) is 13.1 Å². The standard InChI is InChI=1S/C20H25N5O2/c1-14(26)25-10-8-16-18(13-25)23-20(17-7-2-4-9-21-17)24-19(16)22-12-15-6-3-5-11-27-15/h2,4,7,9,15H,3,5-6,8,10-13H2,1H3,(H,22,23,24)/t15-/m1/s1. The van der Waals surface area contributed by atoms with Crippen LogP contribution in [0.5, 0.6) is 0 Å². The smallest absolute Gasteiger partial charge is 0.219 e. The first-order valence-electron chi connectivity index (χ1n) is 9.63. The minimum absolute atomic E-state index is 0.0729. The van der Waals surface area contributed by atoms with Gasteiger partial charge in [0.05, 0.1) is 18.3 Å². The van der Waals surface area contributed by atoms with Crippen molar-refractivity contribution >= 4 is 11.7 Å². The fourth-order valence-corrected chi connectivity index (χ4v) is 3.63. The lowest BCUT2D eigenvalue weighted by atomic mass is 10.0. The van der Waals surface area contributed by atoms with Gasteiger partial charge in [-0.1, -0.05) is 6.07 Å². The third kappa shape index (κ3) is 4.08. The number of carbonyl (C=O) groups is 1. The highest BCUT2D eigenvalue weighted by atomic mass is 16.5. The summed E-state index contributed by atoms with van der Waals surface area (Å²) in [7, 11) is 0. The highest BCUT2D eigenvalue weighted by Crippen LogP contribution is 2.27. The van der Waals surface area contributed by atoms with Gasteiger partial charge in [0.2, 0.25) is 5.91 Å². The van der Waals surface area contributed by atoms with Gasteiger partial charge in [-0.3, -0.25) is 9.78 Å². The average Bonchev–Trinajstić information content (AvgIpc) is 2.72. The summed E-state index contributed by atoms with van der Waals surface area (Å²) in [6.07, 6.45) is 6.14. The van der Waals surface area contributed by atoms with Gasteiger partial charge in [0, 0.05) is 38.4 Å². The Balaban J connectivity index is 1.63. The maximum atomic E-state index is 11.8. The molecule has 7 heteroatoms. The summed E-state index contributed by atoms with van der Waals surface area (Å²) in [6.45, 7) is 4.39. The summed E-state index contributed by atoms with van der Waals surface area (Å²) in [6, 6.07) is 5.70. The van der Waals surface area contributed by atoms with Crippen molar-refractivity contribution < 1.29 is 9.53 Å². The van der Waals surface area contributed by atoms with Gasteiger partial charge in [-0.15, -0.1) is 0 Å². The van der Waals surface area contributed by atoms with Crippen molar-refractivity contribution in [3.63, 3.8) is 0 Å². The molecule has 0 saturated carbocycles. The zero-order valence-corrected chi connectivity index (χ0v) is 15.6. The summed E-state index contributed by atoms with van der Waals surface area (Å²) >= 11 is 0. The van der Waals surface area contributed by atoms with Gasteiger partial charge >= 0.3 is 0 Å². The van der Waals surface area contributed by atoms with Crippen molar-refractivity contribution in [1.82, 2.24) is 19.9 Å².